The first-order valence-corrected chi connectivity index (χ1v) is 25.5. The van der Waals surface area contributed by atoms with Gasteiger partial charge in [0.15, 0.2) is 6.10 Å². The Bertz CT molecular complexity index is 1050. The molecule has 0 bridgehead atoms. The van der Waals surface area contributed by atoms with Gasteiger partial charge in [-0.25, -0.2) is 4.79 Å². The lowest BCUT2D eigenvalue weighted by atomic mass is 10.0. The van der Waals surface area contributed by atoms with Crippen LogP contribution in [0.3, 0.4) is 0 Å². The van der Waals surface area contributed by atoms with Crippen LogP contribution in [0.4, 0.5) is 0 Å². The number of aliphatic carboxylic acids is 1. The Hall–Kier alpha value is -2.23. The molecule has 0 spiro atoms. The van der Waals surface area contributed by atoms with E-state index >= 15 is 0 Å². The van der Waals surface area contributed by atoms with Crippen LogP contribution in [0.15, 0.2) is 24.3 Å². The Morgan fingerprint density at radius 1 is 0.492 bits per heavy atom. The second kappa shape index (κ2) is 44.4. The van der Waals surface area contributed by atoms with Crippen molar-refractivity contribution in [1.82, 2.24) is 0 Å². The second-order valence-electron chi connectivity index (χ2n) is 18.5. The number of nitrogens with zero attached hydrogens (tertiary/aromatic N) is 1. The number of allylic oxidation sites excluding steroid dienone is 4. The Kier molecular flexibility index (Phi) is 42.8. The number of ether oxygens (including phenoxy) is 4. The molecule has 0 rings (SSSR count). The molecule has 0 aromatic carbocycles. The highest BCUT2D eigenvalue weighted by molar-refractivity contribution is 5.71. The highest BCUT2D eigenvalue weighted by Crippen LogP contribution is 2.16. The molecule has 0 aliphatic carbocycles. The zero-order chi connectivity index (χ0) is 44.9. The minimum Gasteiger partial charge on any atom is -0.477 e. The molecule has 0 aliphatic heterocycles. The van der Waals surface area contributed by atoms with E-state index < -0.39 is 24.3 Å². The molecule has 0 heterocycles. The van der Waals surface area contributed by atoms with Crippen LogP contribution in [0, 0.1) is 0 Å². The standard InChI is InChI=1S/C52H97NO8/c1-6-8-10-12-14-16-18-20-21-22-23-24-25-26-27-28-29-31-32-34-36-38-40-42-49(54)59-46-48(47-60-52(51(56)57)58-45-44-53(3,4)5)61-50(55)43-41-39-37-35-33-30-19-17-15-13-11-9-7-2/h11,13,17,19,48,52H,6-10,12,14-16,18,20-47H2,1-5H3/p+1/b13-11-,19-17-. The van der Waals surface area contributed by atoms with E-state index in [1.807, 2.05) is 21.1 Å². The number of rotatable bonds is 47. The summed E-state index contributed by atoms with van der Waals surface area (Å²) in [5.41, 5.74) is 0. The number of quaternary nitrogens is 1. The zero-order valence-corrected chi connectivity index (χ0v) is 40.6. The van der Waals surface area contributed by atoms with Gasteiger partial charge in [0, 0.05) is 12.8 Å². The normalized spacial score (nSPS) is 13.0. The summed E-state index contributed by atoms with van der Waals surface area (Å²) in [5.74, 6) is -2.01. The smallest absolute Gasteiger partial charge is 0.361 e. The number of carboxylic acid groups (broad SMARTS) is 1. The minimum absolute atomic E-state index is 0.183. The number of carbonyl (C=O) groups excluding carboxylic acids is 2. The molecule has 0 saturated heterocycles. The molecule has 1 N–H and O–H groups in total. The number of hydrogen-bond acceptors (Lipinski definition) is 7. The van der Waals surface area contributed by atoms with Crippen LogP contribution >= 0.6 is 0 Å². The van der Waals surface area contributed by atoms with Gasteiger partial charge in [-0.3, -0.25) is 9.59 Å². The topological polar surface area (TPSA) is 108 Å². The number of esters is 2. The number of hydrogen-bond donors (Lipinski definition) is 1. The van der Waals surface area contributed by atoms with Crippen molar-refractivity contribution in [3.63, 3.8) is 0 Å². The van der Waals surface area contributed by atoms with Crippen LogP contribution in [0.2, 0.25) is 0 Å². The third-order valence-electron chi connectivity index (χ3n) is 11.2. The van der Waals surface area contributed by atoms with Gasteiger partial charge in [-0.2, -0.15) is 0 Å². The first-order valence-electron chi connectivity index (χ1n) is 25.5. The fourth-order valence-electron chi connectivity index (χ4n) is 7.23. The Morgan fingerprint density at radius 2 is 0.918 bits per heavy atom. The molecule has 0 radical (unpaired) electrons. The Balaban J connectivity index is 4.23. The summed E-state index contributed by atoms with van der Waals surface area (Å²) in [6.07, 6.45) is 46.8. The number of likely N-dealkylation sites (N-methyl/N-ethyl adjacent to an activating group) is 1. The van der Waals surface area contributed by atoms with Gasteiger partial charge in [0.25, 0.3) is 6.29 Å². The maximum absolute atomic E-state index is 12.8. The van der Waals surface area contributed by atoms with Crippen LogP contribution in [-0.4, -0.2) is 87.4 Å². The van der Waals surface area contributed by atoms with E-state index in [2.05, 4.69) is 38.2 Å². The SMILES string of the molecule is CCC/C=C\C/C=C\CCCCCCCC(=O)OC(COC(=O)CCCCCCCCCCCCCCCCCCCCCCCCC)COC(OCC[N+](C)(C)C)C(=O)O. The van der Waals surface area contributed by atoms with E-state index in [1.54, 1.807) is 0 Å². The third kappa shape index (κ3) is 45.6. The predicted octanol–water partition coefficient (Wildman–Crippen LogP) is 14.0. The van der Waals surface area contributed by atoms with Crippen LogP contribution in [0.1, 0.15) is 232 Å². The average Bonchev–Trinajstić information content (AvgIpc) is 3.22. The van der Waals surface area contributed by atoms with Crippen molar-refractivity contribution in [3.8, 4) is 0 Å². The lowest BCUT2D eigenvalue weighted by Crippen LogP contribution is -2.40. The molecule has 0 aromatic rings. The van der Waals surface area contributed by atoms with E-state index in [1.165, 1.54) is 135 Å². The summed E-state index contributed by atoms with van der Waals surface area (Å²) in [4.78, 5) is 37.2. The highest BCUT2D eigenvalue weighted by Gasteiger charge is 2.25. The quantitative estimate of drug-likeness (QED) is 0.0212. The highest BCUT2D eigenvalue weighted by atomic mass is 16.7. The van der Waals surface area contributed by atoms with Gasteiger partial charge in [-0.1, -0.05) is 205 Å². The maximum atomic E-state index is 12.8. The van der Waals surface area contributed by atoms with Crippen LogP contribution in [-0.2, 0) is 33.3 Å². The lowest BCUT2D eigenvalue weighted by molar-refractivity contribution is -0.870. The van der Waals surface area contributed by atoms with Crippen molar-refractivity contribution < 1.29 is 42.9 Å². The number of unbranched alkanes of at least 4 members (excludes halogenated alkanes) is 28. The van der Waals surface area contributed by atoms with Crippen molar-refractivity contribution in [2.24, 2.45) is 0 Å². The fraction of sp³-hybridized carbons (Fsp3) is 0.865. The van der Waals surface area contributed by atoms with Crippen molar-refractivity contribution >= 4 is 17.9 Å². The van der Waals surface area contributed by atoms with Gasteiger partial charge in [-0.05, 0) is 38.5 Å². The molecule has 0 amide bonds. The van der Waals surface area contributed by atoms with Gasteiger partial charge in [0.05, 0.1) is 34.4 Å². The molecular formula is C52H98NO8+. The van der Waals surface area contributed by atoms with E-state index in [0.717, 1.165) is 64.2 Å². The van der Waals surface area contributed by atoms with E-state index in [0.29, 0.717) is 23.9 Å². The van der Waals surface area contributed by atoms with Crippen molar-refractivity contribution in [3.05, 3.63) is 24.3 Å². The van der Waals surface area contributed by atoms with Crippen LogP contribution < -0.4 is 0 Å². The van der Waals surface area contributed by atoms with Crippen molar-refractivity contribution in [1.29, 1.82) is 0 Å². The van der Waals surface area contributed by atoms with E-state index in [-0.39, 0.29) is 32.2 Å². The third-order valence-corrected chi connectivity index (χ3v) is 11.2. The molecule has 9 heteroatoms. The van der Waals surface area contributed by atoms with E-state index in [4.69, 9.17) is 18.9 Å². The van der Waals surface area contributed by atoms with Gasteiger partial charge >= 0.3 is 17.9 Å². The molecule has 0 aliphatic rings. The summed E-state index contributed by atoms with van der Waals surface area (Å²) in [6.45, 7) is 4.82. The first-order chi connectivity index (χ1) is 29.6. The lowest BCUT2D eigenvalue weighted by Gasteiger charge is -2.25. The monoisotopic (exact) mass is 865 g/mol. The number of carbonyl (C=O) groups is 3. The van der Waals surface area contributed by atoms with Gasteiger partial charge in [-0.15, -0.1) is 0 Å². The molecule has 0 fully saturated rings. The van der Waals surface area contributed by atoms with Gasteiger partial charge in [0.1, 0.15) is 13.2 Å². The summed E-state index contributed by atoms with van der Waals surface area (Å²) >= 11 is 0. The molecule has 0 saturated carbocycles. The maximum Gasteiger partial charge on any atom is 0.361 e. The first kappa shape index (κ1) is 58.8. The molecule has 2 atom stereocenters. The van der Waals surface area contributed by atoms with Crippen molar-refractivity contribution in [2.75, 3.05) is 47.5 Å². The van der Waals surface area contributed by atoms with Crippen LogP contribution in [0.25, 0.3) is 0 Å². The Labute approximate surface area is 376 Å². The predicted molar refractivity (Wildman–Crippen MR) is 254 cm³/mol. The molecule has 0 aromatic heterocycles. The summed E-state index contributed by atoms with van der Waals surface area (Å²) in [7, 11) is 5.96. The second-order valence-corrected chi connectivity index (χ2v) is 18.5. The van der Waals surface area contributed by atoms with Gasteiger partial charge in [0.2, 0.25) is 0 Å². The van der Waals surface area contributed by atoms with Crippen LogP contribution in [0.5, 0.6) is 0 Å². The molecule has 61 heavy (non-hydrogen) atoms. The molecule has 9 nitrogen and oxygen atoms in total. The summed E-state index contributed by atoms with van der Waals surface area (Å²) in [5, 5.41) is 9.65. The summed E-state index contributed by atoms with van der Waals surface area (Å²) < 4.78 is 22.8. The zero-order valence-electron chi connectivity index (χ0n) is 40.6. The fourth-order valence-corrected chi connectivity index (χ4v) is 7.23. The molecule has 358 valence electrons. The van der Waals surface area contributed by atoms with E-state index in [9.17, 15) is 19.5 Å². The average molecular weight is 865 g/mol. The summed E-state index contributed by atoms with van der Waals surface area (Å²) in [6, 6.07) is 0. The van der Waals surface area contributed by atoms with Gasteiger partial charge < -0.3 is 28.5 Å². The Morgan fingerprint density at radius 3 is 1.36 bits per heavy atom. The minimum atomic E-state index is -1.51. The molecular weight excluding hydrogens is 767 g/mol. The van der Waals surface area contributed by atoms with Crippen molar-refractivity contribution in [2.45, 2.75) is 245 Å². The largest absolute Gasteiger partial charge is 0.477 e. The molecule has 2 unspecified atom stereocenters. The number of carboxylic acids is 1.